The van der Waals surface area contributed by atoms with E-state index in [1.54, 1.807) is 29.9 Å². The third-order valence-corrected chi connectivity index (χ3v) is 6.21. The molecule has 5 rings (SSSR count). The molecule has 4 aromatic rings. The van der Waals surface area contributed by atoms with Crippen LogP contribution >= 0.6 is 0 Å². The molecule has 0 N–H and O–H groups in total. The molecule has 37 heavy (non-hydrogen) atoms. The smallest absolute Gasteiger partial charge is 0.387 e. The van der Waals surface area contributed by atoms with E-state index in [0.717, 1.165) is 31.2 Å². The summed E-state index contributed by atoms with van der Waals surface area (Å²) in [4.78, 5) is 9.08. The number of rotatable bonds is 8. The van der Waals surface area contributed by atoms with Gasteiger partial charge in [0.2, 0.25) is 0 Å². The van der Waals surface area contributed by atoms with Crippen LogP contribution in [-0.2, 0) is 0 Å². The van der Waals surface area contributed by atoms with Gasteiger partial charge in [-0.15, -0.1) is 0 Å². The molecular weight excluding hydrogens is 478 g/mol. The first-order chi connectivity index (χ1) is 18.1. The van der Waals surface area contributed by atoms with Crippen molar-refractivity contribution in [2.24, 2.45) is 0 Å². The minimum Gasteiger partial charge on any atom is -0.493 e. The van der Waals surface area contributed by atoms with Crippen LogP contribution in [0.3, 0.4) is 0 Å². The number of pyridine rings is 1. The molecular formula is C28H24F2N4O3. The normalized spacial score (nSPS) is 13.9. The number of methoxy groups -OCH3 is 1. The maximum absolute atomic E-state index is 12.8. The number of imidazole rings is 1. The second-order valence-electron chi connectivity index (χ2n) is 8.59. The standard InChI is InChI=1S/C28H24F2N4O3/c1-35-24-8-4-5-19(27(24)36-20-6-2-3-7-20)10-14-26-33-22-15-21(37-28(29)30)11-12-23(22)34(26)25-13-9-18(16-31)17-32-25/h4-5,8-15,17,20,28H,2-3,6-7H2,1H3/b14-10+. The van der Waals surface area contributed by atoms with Gasteiger partial charge < -0.3 is 14.2 Å². The lowest BCUT2D eigenvalue weighted by atomic mass is 10.1. The summed E-state index contributed by atoms with van der Waals surface area (Å²) in [5.74, 6) is 2.35. The fraction of sp³-hybridized carbons (Fsp3) is 0.250. The van der Waals surface area contributed by atoms with Gasteiger partial charge in [-0.3, -0.25) is 4.57 Å². The highest BCUT2D eigenvalue weighted by Crippen LogP contribution is 2.36. The zero-order valence-electron chi connectivity index (χ0n) is 20.1. The zero-order valence-corrected chi connectivity index (χ0v) is 20.1. The average Bonchev–Trinajstić information content (AvgIpc) is 3.55. The number of benzene rings is 2. The predicted octanol–water partition coefficient (Wildman–Crippen LogP) is 6.39. The summed E-state index contributed by atoms with van der Waals surface area (Å²) in [5, 5.41) is 9.15. The van der Waals surface area contributed by atoms with Crippen LogP contribution in [0.1, 0.15) is 42.6 Å². The maximum Gasteiger partial charge on any atom is 0.387 e. The van der Waals surface area contributed by atoms with E-state index in [-0.39, 0.29) is 11.9 Å². The van der Waals surface area contributed by atoms with Crippen LogP contribution in [0.15, 0.2) is 54.7 Å². The van der Waals surface area contributed by atoms with Gasteiger partial charge in [0.05, 0.1) is 29.8 Å². The highest BCUT2D eigenvalue weighted by molar-refractivity contribution is 5.83. The minimum atomic E-state index is -2.94. The Balaban J connectivity index is 1.59. The first-order valence-corrected chi connectivity index (χ1v) is 11.9. The Kier molecular flexibility index (Phi) is 6.99. The highest BCUT2D eigenvalue weighted by atomic mass is 19.3. The second-order valence-corrected chi connectivity index (χ2v) is 8.59. The largest absolute Gasteiger partial charge is 0.493 e. The number of ether oxygens (including phenoxy) is 3. The first kappa shape index (κ1) is 24.3. The average molecular weight is 503 g/mol. The van der Waals surface area contributed by atoms with Crippen molar-refractivity contribution in [1.82, 2.24) is 14.5 Å². The molecule has 0 amide bonds. The molecule has 1 saturated carbocycles. The van der Waals surface area contributed by atoms with E-state index >= 15 is 0 Å². The molecule has 1 aliphatic carbocycles. The molecule has 2 aromatic carbocycles. The monoisotopic (exact) mass is 502 g/mol. The van der Waals surface area contributed by atoms with E-state index in [2.05, 4.69) is 20.8 Å². The number of hydrogen-bond donors (Lipinski definition) is 0. The van der Waals surface area contributed by atoms with E-state index < -0.39 is 6.61 Å². The van der Waals surface area contributed by atoms with Gasteiger partial charge >= 0.3 is 6.61 Å². The third-order valence-electron chi connectivity index (χ3n) is 6.21. The Morgan fingerprint density at radius 3 is 2.65 bits per heavy atom. The van der Waals surface area contributed by atoms with E-state index in [9.17, 15) is 8.78 Å². The lowest BCUT2D eigenvalue weighted by Gasteiger charge is -2.18. The quantitative estimate of drug-likeness (QED) is 0.278. The molecule has 2 heterocycles. The Morgan fingerprint density at radius 2 is 1.95 bits per heavy atom. The van der Waals surface area contributed by atoms with Gasteiger partial charge in [0.15, 0.2) is 11.5 Å². The van der Waals surface area contributed by atoms with E-state index in [0.29, 0.717) is 39.7 Å². The lowest BCUT2D eigenvalue weighted by molar-refractivity contribution is -0.0497. The Morgan fingerprint density at radius 1 is 1.11 bits per heavy atom. The van der Waals surface area contributed by atoms with Crippen LogP contribution in [-0.4, -0.2) is 34.4 Å². The molecule has 0 saturated heterocycles. The number of nitriles is 1. The highest BCUT2D eigenvalue weighted by Gasteiger charge is 2.20. The Labute approximate surface area is 212 Å². The van der Waals surface area contributed by atoms with Gasteiger partial charge in [0, 0.05) is 17.8 Å². The predicted molar refractivity (Wildman–Crippen MR) is 135 cm³/mol. The molecule has 0 spiro atoms. The Hall–Kier alpha value is -4.45. The Bertz CT molecular complexity index is 1470. The summed E-state index contributed by atoms with van der Waals surface area (Å²) >= 11 is 0. The molecule has 2 aromatic heterocycles. The van der Waals surface area contributed by atoms with Crippen LogP contribution in [0.2, 0.25) is 0 Å². The molecule has 9 heteroatoms. The van der Waals surface area contributed by atoms with Crippen LogP contribution in [0.5, 0.6) is 17.2 Å². The van der Waals surface area contributed by atoms with E-state index in [1.807, 2.05) is 30.4 Å². The zero-order chi connectivity index (χ0) is 25.8. The summed E-state index contributed by atoms with van der Waals surface area (Å²) in [6.45, 7) is -2.94. The van der Waals surface area contributed by atoms with Crippen molar-refractivity contribution >= 4 is 23.2 Å². The van der Waals surface area contributed by atoms with E-state index in [1.165, 1.54) is 18.3 Å². The van der Waals surface area contributed by atoms with Crippen molar-refractivity contribution in [2.45, 2.75) is 38.4 Å². The number of halogens is 2. The lowest BCUT2D eigenvalue weighted by Crippen LogP contribution is -2.12. The molecule has 0 radical (unpaired) electrons. The number of fused-ring (bicyclic) bond motifs is 1. The van der Waals surface area contributed by atoms with E-state index in [4.69, 9.17) is 14.7 Å². The fourth-order valence-electron chi connectivity index (χ4n) is 4.48. The topological polar surface area (TPSA) is 82.2 Å². The molecule has 1 fully saturated rings. The van der Waals surface area contributed by atoms with Crippen LogP contribution in [0, 0.1) is 11.3 Å². The molecule has 0 unspecified atom stereocenters. The minimum absolute atomic E-state index is 0.00973. The van der Waals surface area contributed by atoms with Crippen LogP contribution < -0.4 is 14.2 Å². The number of hydrogen-bond acceptors (Lipinski definition) is 6. The summed E-state index contributed by atoms with van der Waals surface area (Å²) in [5.41, 5.74) is 2.34. The molecule has 0 atom stereocenters. The van der Waals surface area contributed by atoms with Crippen molar-refractivity contribution in [3.63, 3.8) is 0 Å². The van der Waals surface area contributed by atoms with Gasteiger partial charge in [-0.05, 0) is 68.2 Å². The van der Waals surface area contributed by atoms with Gasteiger partial charge in [-0.25, -0.2) is 9.97 Å². The van der Waals surface area contributed by atoms with Crippen molar-refractivity contribution in [1.29, 1.82) is 5.26 Å². The third kappa shape index (κ3) is 5.23. The number of alkyl halides is 2. The molecule has 7 nitrogen and oxygen atoms in total. The van der Waals surface area contributed by atoms with Gasteiger partial charge in [-0.2, -0.15) is 14.0 Å². The SMILES string of the molecule is COc1cccc(/C=C/c2nc3cc(OC(F)F)ccc3n2-c2ccc(C#N)cn2)c1OC1CCCC1. The van der Waals surface area contributed by atoms with Crippen molar-refractivity contribution in [2.75, 3.05) is 7.11 Å². The molecule has 1 aliphatic rings. The van der Waals surface area contributed by atoms with Crippen molar-refractivity contribution in [3.8, 4) is 29.1 Å². The van der Waals surface area contributed by atoms with Crippen LogP contribution in [0.25, 0.3) is 29.0 Å². The summed E-state index contributed by atoms with van der Waals surface area (Å²) in [6, 6.07) is 15.7. The second kappa shape index (κ2) is 10.7. The van der Waals surface area contributed by atoms with Gasteiger partial charge in [0.25, 0.3) is 0 Å². The summed E-state index contributed by atoms with van der Waals surface area (Å²) in [6.07, 6.45) is 9.60. The van der Waals surface area contributed by atoms with Gasteiger partial charge in [-0.1, -0.05) is 12.1 Å². The van der Waals surface area contributed by atoms with Crippen LogP contribution in [0.4, 0.5) is 8.78 Å². The maximum atomic E-state index is 12.8. The molecule has 0 aliphatic heterocycles. The number of nitrogens with zero attached hydrogens (tertiary/aromatic N) is 4. The van der Waals surface area contributed by atoms with Crippen molar-refractivity contribution < 1.29 is 23.0 Å². The van der Waals surface area contributed by atoms with Gasteiger partial charge in [0.1, 0.15) is 23.5 Å². The first-order valence-electron chi connectivity index (χ1n) is 11.9. The fourth-order valence-corrected chi connectivity index (χ4v) is 4.48. The summed E-state index contributed by atoms with van der Waals surface area (Å²) < 4.78 is 43.8. The van der Waals surface area contributed by atoms with Crippen molar-refractivity contribution in [3.05, 3.63) is 71.7 Å². The number of aromatic nitrogens is 3. The molecule has 0 bridgehead atoms. The number of para-hydroxylation sites is 1. The molecule has 188 valence electrons. The summed E-state index contributed by atoms with van der Waals surface area (Å²) in [7, 11) is 1.61.